The van der Waals surface area contributed by atoms with Crippen LogP contribution in [0.3, 0.4) is 0 Å². The van der Waals surface area contributed by atoms with E-state index in [9.17, 15) is 0 Å². The molecule has 0 saturated carbocycles. The van der Waals surface area contributed by atoms with Gasteiger partial charge in [-0.15, -0.1) is 6.42 Å². The van der Waals surface area contributed by atoms with E-state index in [1.165, 1.54) is 18.4 Å². The van der Waals surface area contributed by atoms with Crippen molar-refractivity contribution in [2.75, 3.05) is 19.6 Å². The van der Waals surface area contributed by atoms with Crippen molar-refractivity contribution in [3.63, 3.8) is 0 Å². The topological polar surface area (TPSA) is 3.24 Å². The molecular weight excluding hydrogens is 242 g/mol. The smallest absolute Gasteiger partial charge is 0.0598 e. The molecule has 0 aromatic heterocycles. The van der Waals surface area contributed by atoms with Crippen molar-refractivity contribution in [1.82, 2.24) is 4.90 Å². The Morgan fingerprint density at radius 2 is 1.94 bits per heavy atom. The van der Waals surface area contributed by atoms with E-state index in [2.05, 4.69) is 23.0 Å². The van der Waals surface area contributed by atoms with Crippen molar-refractivity contribution >= 4 is 17.7 Å². The lowest BCUT2D eigenvalue weighted by Gasteiger charge is -2.28. The monoisotopic (exact) mass is 259 g/mol. The number of rotatable bonds is 3. The molecule has 0 N–H and O–H groups in total. The van der Waals surface area contributed by atoms with Gasteiger partial charge in [-0.3, -0.25) is 4.90 Å². The van der Waals surface area contributed by atoms with Gasteiger partial charge < -0.3 is 0 Å². The van der Waals surface area contributed by atoms with Crippen LogP contribution in [0.25, 0.3) is 6.08 Å². The maximum atomic E-state index is 5.86. The summed E-state index contributed by atoms with van der Waals surface area (Å²) in [6, 6.07) is 7.95. The predicted octanol–water partition coefficient (Wildman–Crippen LogP) is 3.70. The highest BCUT2D eigenvalue weighted by molar-refractivity contribution is 6.30. The SMILES string of the molecule is C#CCN1CCC(/C=C\c2ccc(Cl)cc2)CC1. The van der Waals surface area contributed by atoms with Crippen molar-refractivity contribution in [2.45, 2.75) is 12.8 Å². The molecule has 0 bridgehead atoms. The predicted molar refractivity (Wildman–Crippen MR) is 78.5 cm³/mol. The van der Waals surface area contributed by atoms with Crippen molar-refractivity contribution in [1.29, 1.82) is 0 Å². The van der Waals surface area contributed by atoms with Crippen molar-refractivity contribution in [3.05, 3.63) is 40.9 Å². The summed E-state index contributed by atoms with van der Waals surface area (Å²) < 4.78 is 0. The minimum atomic E-state index is 0.676. The Balaban J connectivity index is 1.84. The van der Waals surface area contributed by atoms with Gasteiger partial charge in [0.25, 0.3) is 0 Å². The van der Waals surface area contributed by atoms with Crippen LogP contribution < -0.4 is 0 Å². The van der Waals surface area contributed by atoms with Crippen LogP contribution in [0, 0.1) is 18.3 Å². The summed E-state index contributed by atoms with van der Waals surface area (Å²) in [4.78, 5) is 2.34. The molecule has 0 spiro atoms. The highest BCUT2D eigenvalue weighted by Gasteiger charge is 2.15. The van der Waals surface area contributed by atoms with Gasteiger partial charge in [0.05, 0.1) is 6.54 Å². The lowest BCUT2D eigenvalue weighted by Crippen LogP contribution is -2.33. The first-order chi connectivity index (χ1) is 8.78. The molecule has 1 saturated heterocycles. The molecule has 1 fully saturated rings. The average molecular weight is 260 g/mol. The van der Waals surface area contributed by atoms with Gasteiger partial charge in [0.1, 0.15) is 0 Å². The fraction of sp³-hybridized carbons (Fsp3) is 0.375. The highest BCUT2D eigenvalue weighted by atomic mass is 35.5. The second-order valence-electron chi connectivity index (χ2n) is 4.73. The molecule has 0 amide bonds. The number of hydrogen-bond donors (Lipinski definition) is 0. The van der Waals surface area contributed by atoms with Gasteiger partial charge in [0.15, 0.2) is 0 Å². The summed E-state index contributed by atoms with van der Waals surface area (Å²) in [6.45, 7) is 3.01. The van der Waals surface area contributed by atoms with Gasteiger partial charge in [-0.25, -0.2) is 0 Å². The van der Waals surface area contributed by atoms with Gasteiger partial charge in [-0.2, -0.15) is 0 Å². The van der Waals surface area contributed by atoms with E-state index in [1.54, 1.807) is 0 Å². The van der Waals surface area contributed by atoms with E-state index in [0.717, 1.165) is 24.7 Å². The van der Waals surface area contributed by atoms with Crippen LogP contribution in [0.4, 0.5) is 0 Å². The summed E-state index contributed by atoms with van der Waals surface area (Å²) in [5.41, 5.74) is 1.21. The number of likely N-dealkylation sites (tertiary alicyclic amines) is 1. The summed E-state index contributed by atoms with van der Waals surface area (Å²) in [5.74, 6) is 3.39. The molecule has 0 radical (unpaired) electrons. The maximum absolute atomic E-state index is 5.86. The molecule has 1 aliphatic rings. The fourth-order valence-electron chi connectivity index (χ4n) is 2.25. The molecule has 2 rings (SSSR count). The third-order valence-corrected chi connectivity index (χ3v) is 3.63. The van der Waals surface area contributed by atoms with Crippen LogP contribution in [-0.2, 0) is 0 Å². The molecular formula is C16H18ClN. The number of allylic oxidation sites excluding steroid dienone is 1. The molecule has 18 heavy (non-hydrogen) atoms. The minimum absolute atomic E-state index is 0.676. The van der Waals surface area contributed by atoms with Gasteiger partial charge in [-0.1, -0.05) is 41.8 Å². The zero-order valence-electron chi connectivity index (χ0n) is 10.5. The van der Waals surface area contributed by atoms with Gasteiger partial charge in [-0.05, 0) is 49.5 Å². The second kappa shape index (κ2) is 6.64. The summed E-state index contributed by atoms with van der Waals surface area (Å²) >= 11 is 5.86. The normalized spacial score (nSPS) is 18.0. The lowest BCUT2D eigenvalue weighted by atomic mass is 9.95. The van der Waals surface area contributed by atoms with Crippen LogP contribution in [0.5, 0.6) is 0 Å². The van der Waals surface area contributed by atoms with E-state index < -0.39 is 0 Å². The largest absolute Gasteiger partial charge is 0.292 e. The number of benzene rings is 1. The molecule has 1 aromatic rings. The first-order valence-electron chi connectivity index (χ1n) is 6.37. The molecule has 2 heteroatoms. The number of piperidine rings is 1. The van der Waals surface area contributed by atoms with Crippen molar-refractivity contribution in [2.24, 2.45) is 5.92 Å². The summed E-state index contributed by atoms with van der Waals surface area (Å²) in [6.07, 6.45) is 12.2. The van der Waals surface area contributed by atoms with Crippen molar-refractivity contribution < 1.29 is 0 Å². The highest BCUT2D eigenvalue weighted by Crippen LogP contribution is 2.19. The molecule has 1 heterocycles. The zero-order valence-corrected chi connectivity index (χ0v) is 11.2. The van der Waals surface area contributed by atoms with Crippen molar-refractivity contribution in [3.8, 4) is 12.3 Å². The third kappa shape index (κ3) is 3.91. The van der Waals surface area contributed by atoms with E-state index in [-0.39, 0.29) is 0 Å². The molecule has 1 nitrogen and oxygen atoms in total. The molecule has 0 aliphatic carbocycles. The first kappa shape index (κ1) is 13.2. The zero-order chi connectivity index (χ0) is 12.8. The van der Waals surface area contributed by atoms with Gasteiger partial charge in [0.2, 0.25) is 0 Å². The van der Waals surface area contributed by atoms with E-state index in [4.69, 9.17) is 18.0 Å². The Labute approximate surface area is 114 Å². The second-order valence-corrected chi connectivity index (χ2v) is 5.16. The van der Waals surface area contributed by atoms with E-state index in [1.807, 2.05) is 24.3 Å². The Morgan fingerprint density at radius 1 is 1.28 bits per heavy atom. The lowest BCUT2D eigenvalue weighted by molar-refractivity contribution is 0.226. The molecule has 94 valence electrons. The van der Waals surface area contributed by atoms with Crippen LogP contribution in [0.1, 0.15) is 18.4 Å². The van der Waals surface area contributed by atoms with Crippen LogP contribution in [0.2, 0.25) is 5.02 Å². The fourth-order valence-corrected chi connectivity index (χ4v) is 2.38. The Hall–Kier alpha value is -1.23. The molecule has 0 unspecified atom stereocenters. The first-order valence-corrected chi connectivity index (χ1v) is 6.75. The van der Waals surface area contributed by atoms with E-state index in [0.29, 0.717) is 5.92 Å². The Morgan fingerprint density at radius 3 is 2.56 bits per heavy atom. The van der Waals surface area contributed by atoms with Crippen LogP contribution in [-0.4, -0.2) is 24.5 Å². The number of hydrogen-bond acceptors (Lipinski definition) is 1. The summed E-state index contributed by atoms with van der Waals surface area (Å²) in [7, 11) is 0. The standard InChI is InChI=1S/C16H18ClN/c1-2-11-18-12-9-15(10-13-18)4-3-14-5-7-16(17)8-6-14/h1,3-8,15H,9-13H2/b4-3-. The minimum Gasteiger partial charge on any atom is -0.292 e. The molecule has 0 atom stereocenters. The number of nitrogens with zero attached hydrogens (tertiary/aromatic N) is 1. The van der Waals surface area contributed by atoms with E-state index >= 15 is 0 Å². The average Bonchev–Trinajstić information content (AvgIpc) is 2.40. The quantitative estimate of drug-likeness (QED) is 0.749. The van der Waals surface area contributed by atoms with Crippen LogP contribution >= 0.6 is 11.6 Å². The Kier molecular flexibility index (Phi) is 4.87. The third-order valence-electron chi connectivity index (χ3n) is 3.38. The molecule has 1 aliphatic heterocycles. The Bertz CT molecular complexity index is 433. The van der Waals surface area contributed by atoms with Crippen LogP contribution in [0.15, 0.2) is 30.3 Å². The molecule has 1 aromatic carbocycles. The van der Waals surface area contributed by atoms with Gasteiger partial charge in [0, 0.05) is 5.02 Å². The maximum Gasteiger partial charge on any atom is 0.0598 e. The summed E-state index contributed by atoms with van der Waals surface area (Å²) in [5, 5.41) is 0.787. The number of terminal acetylenes is 1. The number of halogens is 1. The van der Waals surface area contributed by atoms with Gasteiger partial charge >= 0.3 is 0 Å².